The van der Waals surface area contributed by atoms with Crippen LogP contribution in [0.5, 0.6) is 5.75 Å². The number of methoxy groups -OCH3 is 1. The van der Waals surface area contributed by atoms with E-state index in [4.69, 9.17) is 15.0 Å². The Morgan fingerprint density at radius 3 is 2.57 bits per heavy atom. The van der Waals surface area contributed by atoms with Gasteiger partial charge in [-0.3, -0.25) is 4.79 Å². The van der Waals surface area contributed by atoms with Crippen molar-refractivity contribution in [2.24, 2.45) is 5.73 Å². The second-order valence-corrected chi connectivity index (χ2v) is 6.18. The average Bonchev–Trinajstić information content (AvgIpc) is 3.19. The van der Waals surface area contributed by atoms with E-state index in [1.165, 1.54) is 0 Å². The van der Waals surface area contributed by atoms with Gasteiger partial charge in [0.05, 0.1) is 18.7 Å². The summed E-state index contributed by atoms with van der Waals surface area (Å²) >= 11 is 0. The van der Waals surface area contributed by atoms with Crippen LogP contribution < -0.4 is 15.8 Å². The predicted octanol–water partition coefficient (Wildman–Crippen LogP) is 2.91. The number of carbonyl (C=O) groups is 1. The monoisotopic (exact) mass is 402 g/mol. The number of halogens is 1. The molecule has 0 saturated carbocycles. The number of carbonyl (C=O) groups excluding carboxylic acids is 1. The number of hydrogen-bond acceptors (Lipinski definition) is 6. The highest BCUT2D eigenvalue weighted by atomic mass is 35.5. The van der Waals surface area contributed by atoms with Crippen LogP contribution in [0.3, 0.4) is 0 Å². The number of para-hydroxylation sites is 1. The van der Waals surface area contributed by atoms with E-state index in [1.54, 1.807) is 14.0 Å². The number of nitrogens with zero attached hydrogens (tertiary/aromatic N) is 2. The molecule has 0 radical (unpaired) electrons. The molecule has 1 amide bonds. The topological polar surface area (TPSA) is 103 Å². The van der Waals surface area contributed by atoms with Gasteiger partial charge in [-0.25, -0.2) is 0 Å². The zero-order chi connectivity index (χ0) is 19.2. The van der Waals surface area contributed by atoms with Crippen molar-refractivity contribution in [3.63, 3.8) is 0 Å². The fraction of sp³-hybridized carbons (Fsp3) is 0.250. The lowest BCUT2D eigenvalue weighted by Crippen LogP contribution is -2.43. The molecule has 1 unspecified atom stereocenters. The van der Waals surface area contributed by atoms with Crippen LogP contribution in [0.15, 0.2) is 59.1 Å². The summed E-state index contributed by atoms with van der Waals surface area (Å²) < 4.78 is 10.6. The highest BCUT2D eigenvalue weighted by Crippen LogP contribution is 2.27. The molecule has 0 saturated heterocycles. The smallest absolute Gasteiger partial charge is 0.249 e. The van der Waals surface area contributed by atoms with Crippen LogP contribution in [0.4, 0.5) is 0 Å². The third kappa shape index (κ3) is 5.09. The molecule has 8 heteroatoms. The first-order valence-corrected chi connectivity index (χ1v) is 8.65. The third-order valence-corrected chi connectivity index (χ3v) is 4.15. The summed E-state index contributed by atoms with van der Waals surface area (Å²) in [5.74, 6) is 1.07. The summed E-state index contributed by atoms with van der Waals surface area (Å²) in [6, 6.07) is 15.9. The molecule has 1 heterocycles. The molecule has 7 nitrogen and oxygen atoms in total. The van der Waals surface area contributed by atoms with Crippen molar-refractivity contribution in [1.82, 2.24) is 15.5 Å². The maximum absolute atomic E-state index is 12.4. The molecule has 0 aliphatic rings. The Bertz CT molecular complexity index is 901. The number of amides is 1. The zero-order valence-corrected chi connectivity index (χ0v) is 16.5. The summed E-state index contributed by atoms with van der Waals surface area (Å²) in [5, 5.41) is 6.81. The van der Waals surface area contributed by atoms with Gasteiger partial charge in [0.15, 0.2) is 0 Å². The SMILES string of the molecule is COc1ccccc1-c1noc(C(C)NC(=O)[C@@H](N)Cc2ccccc2)n1.Cl. The van der Waals surface area contributed by atoms with Crippen LogP contribution in [0, 0.1) is 0 Å². The Balaban J connectivity index is 0.00000280. The predicted molar refractivity (Wildman–Crippen MR) is 108 cm³/mol. The van der Waals surface area contributed by atoms with E-state index in [9.17, 15) is 4.79 Å². The Hall–Kier alpha value is -2.90. The number of benzene rings is 2. The number of nitrogens with two attached hydrogens (primary N) is 1. The van der Waals surface area contributed by atoms with E-state index in [0.29, 0.717) is 29.4 Å². The van der Waals surface area contributed by atoms with Crippen LogP contribution in [-0.4, -0.2) is 29.2 Å². The van der Waals surface area contributed by atoms with Crippen LogP contribution >= 0.6 is 12.4 Å². The highest BCUT2D eigenvalue weighted by molar-refractivity contribution is 5.85. The van der Waals surface area contributed by atoms with Crippen LogP contribution in [0.2, 0.25) is 0 Å². The molecule has 0 fully saturated rings. The van der Waals surface area contributed by atoms with Gasteiger partial charge in [-0.1, -0.05) is 47.6 Å². The minimum atomic E-state index is -0.661. The molecule has 3 N–H and O–H groups in total. The van der Waals surface area contributed by atoms with Crippen molar-refractivity contribution in [3.05, 3.63) is 66.1 Å². The molecule has 0 aliphatic carbocycles. The van der Waals surface area contributed by atoms with Gasteiger partial charge in [-0.05, 0) is 31.0 Å². The van der Waals surface area contributed by atoms with Crippen LogP contribution in [0.1, 0.15) is 24.4 Å². The Kier molecular flexibility index (Phi) is 7.54. The molecule has 28 heavy (non-hydrogen) atoms. The first kappa shape index (κ1) is 21.4. The third-order valence-electron chi connectivity index (χ3n) is 4.15. The van der Waals surface area contributed by atoms with Gasteiger partial charge in [-0.15, -0.1) is 12.4 Å². The number of nitrogens with one attached hydrogen (secondary N) is 1. The Labute approximate surface area is 169 Å². The summed E-state index contributed by atoms with van der Waals surface area (Å²) in [6.07, 6.45) is 0.454. The first-order chi connectivity index (χ1) is 13.1. The Morgan fingerprint density at radius 1 is 1.18 bits per heavy atom. The van der Waals surface area contributed by atoms with Gasteiger partial charge in [0.25, 0.3) is 0 Å². The summed E-state index contributed by atoms with van der Waals surface area (Å²) in [5.41, 5.74) is 7.74. The van der Waals surface area contributed by atoms with E-state index in [0.717, 1.165) is 5.56 Å². The van der Waals surface area contributed by atoms with Crippen LogP contribution in [-0.2, 0) is 11.2 Å². The number of hydrogen-bond donors (Lipinski definition) is 2. The second kappa shape index (κ2) is 9.87. The van der Waals surface area contributed by atoms with E-state index < -0.39 is 12.1 Å². The second-order valence-electron chi connectivity index (χ2n) is 6.18. The molecule has 2 aromatic carbocycles. The molecule has 3 rings (SSSR count). The zero-order valence-electron chi connectivity index (χ0n) is 15.7. The van der Waals surface area contributed by atoms with Gasteiger partial charge in [0, 0.05) is 0 Å². The summed E-state index contributed by atoms with van der Waals surface area (Å²) in [7, 11) is 1.58. The molecule has 0 bridgehead atoms. The van der Waals surface area contributed by atoms with Crippen molar-refractivity contribution in [2.45, 2.75) is 25.4 Å². The molecule has 3 aromatic rings. The molecule has 148 valence electrons. The largest absolute Gasteiger partial charge is 0.496 e. The minimum Gasteiger partial charge on any atom is -0.496 e. The van der Waals surface area contributed by atoms with Crippen molar-refractivity contribution >= 4 is 18.3 Å². The number of aromatic nitrogens is 2. The molecule has 1 aromatic heterocycles. The van der Waals surface area contributed by atoms with E-state index >= 15 is 0 Å². The molecular weight excluding hydrogens is 380 g/mol. The van der Waals surface area contributed by atoms with E-state index in [1.807, 2.05) is 54.6 Å². The number of rotatable bonds is 7. The number of ether oxygens (including phenoxy) is 1. The fourth-order valence-corrected chi connectivity index (χ4v) is 2.69. The summed E-state index contributed by atoms with van der Waals surface area (Å²) in [4.78, 5) is 16.7. The molecule has 0 aliphatic heterocycles. The minimum absolute atomic E-state index is 0. The van der Waals surface area contributed by atoms with E-state index in [-0.39, 0.29) is 18.3 Å². The lowest BCUT2D eigenvalue weighted by molar-refractivity contribution is -0.123. The lowest BCUT2D eigenvalue weighted by Gasteiger charge is -2.15. The van der Waals surface area contributed by atoms with Crippen molar-refractivity contribution in [1.29, 1.82) is 0 Å². The standard InChI is InChI=1S/C20H22N4O3.ClH/c1-13(22-19(25)16(21)12-14-8-4-3-5-9-14)20-23-18(24-27-20)15-10-6-7-11-17(15)26-2;/h3-11,13,16H,12,21H2,1-2H3,(H,22,25);1H/t13?,16-;/m0./s1. The van der Waals surface area contributed by atoms with Crippen molar-refractivity contribution in [2.75, 3.05) is 7.11 Å². The molecular formula is C20H23ClN4O3. The quantitative estimate of drug-likeness (QED) is 0.629. The molecule has 0 spiro atoms. The van der Waals surface area contributed by atoms with Gasteiger partial charge in [0.2, 0.25) is 17.6 Å². The van der Waals surface area contributed by atoms with E-state index in [2.05, 4.69) is 15.5 Å². The molecule has 2 atom stereocenters. The van der Waals surface area contributed by atoms with Gasteiger partial charge >= 0.3 is 0 Å². The summed E-state index contributed by atoms with van der Waals surface area (Å²) in [6.45, 7) is 1.77. The maximum atomic E-state index is 12.4. The van der Waals surface area contributed by atoms with Gasteiger partial charge in [-0.2, -0.15) is 4.98 Å². The average molecular weight is 403 g/mol. The van der Waals surface area contributed by atoms with Crippen LogP contribution in [0.25, 0.3) is 11.4 Å². The van der Waals surface area contributed by atoms with Gasteiger partial charge < -0.3 is 20.3 Å². The Morgan fingerprint density at radius 2 is 1.86 bits per heavy atom. The fourth-order valence-electron chi connectivity index (χ4n) is 2.69. The first-order valence-electron chi connectivity index (χ1n) is 8.65. The maximum Gasteiger partial charge on any atom is 0.249 e. The highest BCUT2D eigenvalue weighted by Gasteiger charge is 2.22. The van der Waals surface area contributed by atoms with Crippen molar-refractivity contribution in [3.8, 4) is 17.1 Å². The van der Waals surface area contributed by atoms with Crippen molar-refractivity contribution < 1.29 is 14.1 Å². The normalized spacial score (nSPS) is 12.5. The lowest BCUT2D eigenvalue weighted by atomic mass is 10.1. The van der Waals surface area contributed by atoms with Gasteiger partial charge in [0.1, 0.15) is 11.8 Å².